The predicted molar refractivity (Wildman–Crippen MR) is 249 cm³/mol. The second-order valence-corrected chi connectivity index (χ2v) is 17.9. The van der Waals surface area contributed by atoms with Gasteiger partial charge < -0.3 is 14.4 Å². The van der Waals surface area contributed by atoms with Gasteiger partial charge in [-0.2, -0.15) is 0 Å². The van der Waals surface area contributed by atoms with E-state index in [1.807, 2.05) is 0 Å². The van der Waals surface area contributed by atoms with Crippen molar-refractivity contribution in [1.29, 1.82) is 0 Å². The maximum atomic E-state index is 13.0. The Hall–Kier alpha value is -1.62. The Morgan fingerprint density at radius 1 is 0.404 bits per heavy atom. The Labute approximate surface area is 356 Å². The van der Waals surface area contributed by atoms with Gasteiger partial charge in [-0.25, -0.2) is 0 Å². The molecule has 0 atom stereocenters. The molecule has 5 nitrogen and oxygen atoms in total. The highest BCUT2D eigenvalue weighted by molar-refractivity contribution is 5.69. The minimum atomic E-state index is -0.329. The summed E-state index contributed by atoms with van der Waals surface area (Å²) in [6.45, 7) is 8.39. The van der Waals surface area contributed by atoms with Crippen LogP contribution >= 0.6 is 0 Å². The molecule has 0 N–H and O–H groups in total. The lowest BCUT2D eigenvalue weighted by Crippen LogP contribution is -2.37. The van der Waals surface area contributed by atoms with Crippen molar-refractivity contribution >= 4 is 11.9 Å². The van der Waals surface area contributed by atoms with Crippen LogP contribution in [-0.2, 0) is 19.1 Å². The number of nitrogens with zero attached hydrogens (tertiary/aromatic N) is 1. The predicted octanol–water partition coefficient (Wildman–Crippen LogP) is 16.2. The minimum Gasteiger partial charge on any atom is -0.465 e. The molecule has 0 spiro atoms. The lowest BCUT2D eigenvalue weighted by atomic mass is 9.80. The lowest BCUT2D eigenvalue weighted by molar-refractivity contribution is -0.155. The van der Waals surface area contributed by atoms with E-state index < -0.39 is 0 Å². The molecule has 57 heavy (non-hydrogen) atoms. The Morgan fingerprint density at radius 2 is 0.702 bits per heavy atom. The summed E-state index contributed by atoms with van der Waals surface area (Å²) in [7, 11) is 4.19. The van der Waals surface area contributed by atoms with Gasteiger partial charge >= 0.3 is 11.9 Å². The van der Waals surface area contributed by atoms with Crippen LogP contribution in [0.1, 0.15) is 258 Å². The maximum absolute atomic E-state index is 13.0. The topological polar surface area (TPSA) is 55.8 Å². The number of rotatable bonds is 45. The third-order valence-corrected chi connectivity index (χ3v) is 11.8. The highest BCUT2D eigenvalue weighted by Gasteiger charge is 2.33. The van der Waals surface area contributed by atoms with Crippen LogP contribution in [-0.4, -0.2) is 50.7 Å². The first-order chi connectivity index (χ1) is 27.9. The van der Waals surface area contributed by atoms with Gasteiger partial charge in [0.2, 0.25) is 0 Å². The summed E-state index contributed by atoms with van der Waals surface area (Å²) >= 11 is 0. The van der Waals surface area contributed by atoms with E-state index in [2.05, 4.69) is 64.1 Å². The van der Waals surface area contributed by atoms with Crippen LogP contribution in [0.3, 0.4) is 0 Å². The molecule has 0 aromatic heterocycles. The van der Waals surface area contributed by atoms with E-state index in [-0.39, 0.29) is 17.4 Å². The van der Waals surface area contributed by atoms with Gasteiger partial charge in [-0.3, -0.25) is 9.59 Å². The molecule has 336 valence electrons. The Bertz CT molecular complexity index is 856. The average Bonchev–Trinajstić information content (AvgIpc) is 3.20. The standard InChI is InChI=1S/C52H99NO4/c1-6-9-12-15-18-20-22-24-26-28-30-32-34-37-40-43-50(54)56-48-52(46-47-53(4)5,45-42-39-36-17-14-11-8-3)49-57-51(55)44-41-38-35-33-31-29-27-25-23-21-19-16-13-10-7-2/h24-27H,6-23,28-49H2,1-5H3/b26-24-,27-25-. The monoisotopic (exact) mass is 802 g/mol. The van der Waals surface area contributed by atoms with E-state index in [4.69, 9.17) is 9.47 Å². The van der Waals surface area contributed by atoms with Crippen molar-refractivity contribution in [3.8, 4) is 0 Å². The summed E-state index contributed by atoms with van der Waals surface area (Å²) in [5.74, 6) is -0.193. The first kappa shape index (κ1) is 55.4. The largest absolute Gasteiger partial charge is 0.465 e. The molecule has 0 rings (SSSR count). The van der Waals surface area contributed by atoms with E-state index >= 15 is 0 Å². The summed E-state index contributed by atoms with van der Waals surface area (Å²) in [4.78, 5) is 28.2. The molecule has 0 unspecified atom stereocenters. The van der Waals surface area contributed by atoms with Crippen LogP contribution in [0.5, 0.6) is 0 Å². The highest BCUT2D eigenvalue weighted by atomic mass is 16.5. The molecule has 0 fully saturated rings. The van der Waals surface area contributed by atoms with Crippen molar-refractivity contribution in [3.63, 3.8) is 0 Å². The molecule has 0 amide bonds. The van der Waals surface area contributed by atoms with Gasteiger partial charge in [0.15, 0.2) is 0 Å². The van der Waals surface area contributed by atoms with E-state index in [1.54, 1.807) is 0 Å². The summed E-state index contributed by atoms with van der Waals surface area (Å²) in [6, 6.07) is 0. The number of hydrogen-bond acceptors (Lipinski definition) is 5. The van der Waals surface area contributed by atoms with Gasteiger partial charge in [-0.15, -0.1) is 0 Å². The fourth-order valence-electron chi connectivity index (χ4n) is 7.66. The smallest absolute Gasteiger partial charge is 0.305 e. The highest BCUT2D eigenvalue weighted by Crippen LogP contribution is 2.32. The molecule has 0 aromatic carbocycles. The number of hydrogen-bond donors (Lipinski definition) is 0. The van der Waals surface area contributed by atoms with Crippen LogP contribution in [0.25, 0.3) is 0 Å². The van der Waals surface area contributed by atoms with Crippen molar-refractivity contribution in [2.45, 2.75) is 258 Å². The van der Waals surface area contributed by atoms with Crippen LogP contribution in [0.2, 0.25) is 0 Å². The quantitative estimate of drug-likeness (QED) is 0.0349. The summed E-state index contributed by atoms with van der Waals surface area (Å²) in [5.41, 5.74) is -0.329. The molecule has 0 bridgehead atoms. The zero-order valence-corrected chi connectivity index (χ0v) is 39.2. The van der Waals surface area contributed by atoms with Gasteiger partial charge in [0, 0.05) is 18.3 Å². The van der Waals surface area contributed by atoms with Crippen LogP contribution < -0.4 is 0 Å². The fourth-order valence-corrected chi connectivity index (χ4v) is 7.66. The van der Waals surface area contributed by atoms with Crippen molar-refractivity contribution < 1.29 is 19.1 Å². The van der Waals surface area contributed by atoms with Crippen LogP contribution in [0.4, 0.5) is 0 Å². The molecule has 0 aliphatic carbocycles. The number of carbonyl (C=O) groups excluding carboxylic acids is 2. The first-order valence-corrected chi connectivity index (χ1v) is 25.1. The van der Waals surface area contributed by atoms with E-state index in [0.717, 1.165) is 51.5 Å². The third kappa shape index (κ3) is 40.9. The van der Waals surface area contributed by atoms with Gasteiger partial charge in [-0.05, 0) is 97.7 Å². The van der Waals surface area contributed by atoms with E-state index in [1.165, 1.54) is 180 Å². The number of esters is 2. The maximum Gasteiger partial charge on any atom is 0.305 e. The SMILES string of the molecule is CCCCCCCC/C=C\CCCCCCCC(=O)OCC(CCCCCCCCC)(CCN(C)C)COC(=O)CCCCCCC/C=C\CCCCCCCC. The van der Waals surface area contributed by atoms with Crippen molar-refractivity contribution in [1.82, 2.24) is 4.90 Å². The molecule has 0 saturated heterocycles. The molecule has 0 saturated carbocycles. The normalized spacial score (nSPS) is 12.1. The van der Waals surface area contributed by atoms with Gasteiger partial charge in [-0.1, -0.05) is 193 Å². The number of ether oxygens (including phenoxy) is 2. The van der Waals surface area contributed by atoms with Gasteiger partial charge in [0.25, 0.3) is 0 Å². The second kappa shape index (κ2) is 43.9. The minimum absolute atomic E-state index is 0.0963. The molecule has 0 aliphatic rings. The van der Waals surface area contributed by atoms with E-state index in [9.17, 15) is 9.59 Å². The van der Waals surface area contributed by atoms with Crippen molar-refractivity contribution in [2.75, 3.05) is 33.9 Å². The number of carbonyl (C=O) groups is 2. The summed E-state index contributed by atoms with van der Waals surface area (Å²) < 4.78 is 12.1. The lowest BCUT2D eigenvalue weighted by Gasteiger charge is -2.34. The fraction of sp³-hybridized carbons (Fsp3) is 0.885. The molecular formula is C52H99NO4. The average molecular weight is 802 g/mol. The van der Waals surface area contributed by atoms with Gasteiger partial charge in [0.1, 0.15) is 13.2 Å². The molecule has 5 heteroatoms. The molecule has 0 aromatic rings. The second-order valence-electron chi connectivity index (χ2n) is 17.9. The van der Waals surface area contributed by atoms with Crippen molar-refractivity contribution in [2.24, 2.45) is 5.41 Å². The number of unbranched alkanes of at least 4 members (excludes halogenated alkanes) is 28. The molecular weight excluding hydrogens is 703 g/mol. The molecule has 0 radical (unpaired) electrons. The summed E-state index contributed by atoms with van der Waals surface area (Å²) in [6.07, 6.45) is 53.3. The first-order valence-electron chi connectivity index (χ1n) is 25.1. The number of allylic oxidation sites excluding steroid dienone is 4. The van der Waals surface area contributed by atoms with E-state index in [0.29, 0.717) is 26.1 Å². The zero-order valence-electron chi connectivity index (χ0n) is 39.2. The summed E-state index contributed by atoms with van der Waals surface area (Å²) in [5, 5.41) is 0. The third-order valence-electron chi connectivity index (χ3n) is 11.8. The Balaban J connectivity index is 4.63. The van der Waals surface area contributed by atoms with Crippen molar-refractivity contribution in [3.05, 3.63) is 24.3 Å². The Kier molecular flexibility index (Phi) is 42.7. The molecule has 0 heterocycles. The van der Waals surface area contributed by atoms with Crippen LogP contribution in [0, 0.1) is 5.41 Å². The van der Waals surface area contributed by atoms with Crippen LogP contribution in [0.15, 0.2) is 24.3 Å². The van der Waals surface area contributed by atoms with Gasteiger partial charge in [0.05, 0.1) is 0 Å². The Morgan fingerprint density at radius 3 is 1.04 bits per heavy atom. The molecule has 0 aliphatic heterocycles. The zero-order chi connectivity index (χ0) is 41.8.